The summed E-state index contributed by atoms with van der Waals surface area (Å²) in [5, 5.41) is 0. The minimum absolute atomic E-state index is 0. The van der Waals surface area contributed by atoms with Crippen LogP contribution in [0.4, 0.5) is 0 Å². The molecule has 0 aromatic heterocycles. The van der Waals surface area contributed by atoms with Gasteiger partial charge in [0.05, 0.1) is 29.2 Å². The molecule has 9 heteroatoms. The monoisotopic (exact) mass is 813 g/mol. The van der Waals surface area contributed by atoms with Crippen molar-refractivity contribution in [3.05, 3.63) is 53.6 Å². The number of esters is 2. The van der Waals surface area contributed by atoms with Gasteiger partial charge in [-0.05, 0) is 69.6 Å². The van der Waals surface area contributed by atoms with Gasteiger partial charge in [-0.25, -0.2) is 18.0 Å². The summed E-state index contributed by atoms with van der Waals surface area (Å²) in [6.07, 6.45) is 45.1. The summed E-state index contributed by atoms with van der Waals surface area (Å²) in [7, 11) is -4.81. The van der Waals surface area contributed by atoms with Gasteiger partial charge in [0.1, 0.15) is 10.1 Å². The zero-order valence-electron chi connectivity index (χ0n) is 35.4. The van der Waals surface area contributed by atoms with E-state index in [-0.39, 0.29) is 75.7 Å². The number of carbonyl (C=O) groups is 2. The normalized spacial score (nSPS) is 11.7. The molecule has 0 bridgehead atoms. The molecule has 1 rings (SSSR count). The fraction of sp³-hybridized carbons (Fsp3) is 0.739. The number of allylic oxidation sites excluding steroid dienone is 4. The molecule has 0 radical (unpaired) electrons. The average molecular weight is 813 g/mol. The number of ether oxygens (including phenoxy) is 2. The first-order valence-electron chi connectivity index (χ1n) is 22.0. The fourth-order valence-electron chi connectivity index (χ4n) is 6.70. The molecule has 0 amide bonds. The molecule has 0 N–H and O–H groups in total. The van der Waals surface area contributed by atoms with Gasteiger partial charge in [0.25, 0.3) is 0 Å². The Labute approximate surface area is 380 Å². The molecule has 0 aliphatic heterocycles. The van der Waals surface area contributed by atoms with Crippen molar-refractivity contribution in [2.45, 2.75) is 211 Å². The van der Waals surface area contributed by atoms with Gasteiger partial charge < -0.3 is 14.0 Å². The van der Waals surface area contributed by atoms with Gasteiger partial charge in [-0.3, -0.25) is 0 Å². The van der Waals surface area contributed by atoms with E-state index in [0.29, 0.717) is 12.8 Å². The predicted octanol–water partition coefficient (Wildman–Crippen LogP) is 10.8. The van der Waals surface area contributed by atoms with Gasteiger partial charge in [0, 0.05) is 0 Å². The SMILES string of the molecule is CC/C=C/CCCCCCCCCCCCCCCOC(=O)c1ccc(S(=O)(=O)[O-])cc1C(=O)OCCCCCCCCCCCCCCC/C=C/CC.[K+]. The quantitative estimate of drug-likeness (QED) is 0.0216. The summed E-state index contributed by atoms with van der Waals surface area (Å²) >= 11 is 0. The zero-order valence-corrected chi connectivity index (χ0v) is 39.4. The van der Waals surface area contributed by atoms with Gasteiger partial charge >= 0.3 is 63.3 Å². The number of benzene rings is 1. The molecule has 0 unspecified atom stereocenters. The molecule has 0 fully saturated rings. The van der Waals surface area contributed by atoms with E-state index >= 15 is 0 Å². The molecule has 1 aromatic carbocycles. The molecule has 0 atom stereocenters. The van der Waals surface area contributed by atoms with E-state index in [4.69, 9.17) is 9.47 Å². The third-order valence-corrected chi connectivity index (χ3v) is 10.9. The first-order chi connectivity index (χ1) is 26.3. The van der Waals surface area contributed by atoms with Gasteiger partial charge in [-0.15, -0.1) is 0 Å². The Morgan fingerprint density at radius 1 is 0.491 bits per heavy atom. The van der Waals surface area contributed by atoms with Gasteiger partial charge in [-0.1, -0.05) is 179 Å². The molecule has 0 saturated heterocycles. The number of hydrogen-bond acceptors (Lipinski definition) is 7. The second-order valence-electron chi connectivity index (χ2n) is 15.0. The Hall–Kier alpha value is -0.814. The van der Waals surface area contributed by atoms with Crippen molar-refractivity contribution in [3.8, 4) is 0 Å². The van der Waals surface area contributed by atoms with Crippen molar-refractivity contribution < 1.29 is 83.4 Å². The number of hydrogen-bond donors (Lipinski definition) is 0. The smallest absolute Gasteiger partial charge is 0.744 e. The summed E-state index contributed by atoms with van der Waals surface area (Å²) in [5.41, 5.74) is -0.336. The van der Waals surface area contributed by atoms with Crippen LogP contribution in [0.15, 0.2) is 47.4 Å². The number of unbranched alkanes of at least 4 members (excludes halogenated alkanes) is 26. The van der Waals surface area contributed by atoms with Crippen molar-refractivity contribution in [1.29, 1.82) is 0 Å². The van der Waals surface area contributed by atoms with Gasteiger partial charge in [-0.2, -0.15) is 0 Å². The first-order valence-corrected chi connectivity index (χ1v) is 23.5. The van der Waals surface area contributed by atoms with Crippen LogP contribution in [-0.4, -0.2) is 38.1 Å². The van der Waals surface area contributed by atoms with Crippen LogP contribution >= 0.6 is 0 Å². The topological polar surface area (TPSA) is 110 Å². The minimum Gasteiger partial charge on any atom is -0.744 e. The van der Waals surface area contributed by atoms with Crippen molar-refractivity contribution in [2.75, 3.05) is 13.2 Å². The van der Waals surface area contributed by atoms with Crippen LogP contribution in [0.25, 0.3) is 0 Å². The standard InChI is InChI=1S/C46H78O7S.K/c1-3-5-7-9-11-13-15-17-19-21-23-25-27-29-31-33-35-39-52-45(47)43-38-37-42(54(49,50)51)41-44(43)46(48)53-40-36-34-32-30-28-26-24-22-20-18-16-14-12-10-8-6-4-2;/h5-8,37-38,41H,3-4,9-36,39-40H2,1-2H3,(H,49,50,51);/q;+1/p-1/b7-5+,8-6+;. The second-order valence-corrected chi connectivity index (χ2v) is 16.3. The summed E-state index contributed by atoms with van der Waals surface area (Å²) in [5.74, 6) is -1.54. The maximum atomic E-state index is 12.9. The maximum absolute atomic E-state index is 12.9. The van der Waals surface area contributed by atoms with Crippen molar-refractivity contribution >= 4 is 22.1 Å². The van der Waals surface area contributed by atoms with Crippen LogP contribution < -0.4 is 51.4 Å². The van der Waals surface area contributed by atoms with E-state index in [1.807, 2.05) is 0 Å². The second kappa shape index (κ2) is 38.7. The molecule has 0 heterocycles. The van der Waals surface area contributed by atoms with Crippen LogP contribution in [-0.2, 0) is 19.6 Å². The van der Waals surface area contributed by atoms with Crippen LogP contribution in [0, 0.1) is 0 Å². The Morgan fingerprint density at radius 3 is 1.13 bits per heavy atom. The molecule has 0 aliphatic carbocycles. The van der Waals surface area contributed by atoms with E-state index in [0.717, 1.165) is 57.1 Å². The molecule has 310 valence electrons. The molecule has 55 heavy (non-hydrogen) atoms. The van der Waals surface area contributed by atoms with Crippen LogP contribution in [0.5, 0.6) is 0 Å². The molecule has 1 aromatic rings. The van der Waals surface area contributed by atoms with Crippen molar-refractivity contribution in [3.63, 3.8) is 0 Å². The van der Waals surface area contributed by atoms with Gasteiger partial charge in [0.15, 0.2) is 0 Å². The van der Waals surface area contributed by atoms with E-state index in [1.165, 1.54) is 141 Å². The van der Waals surface area contributed by atoms with Crippen LogP contribution in [0.3, 0.4) is 0 Å². The van der Waals surface area contributed by atoms with Crippen molar-refractivity contribution in [1.82, 2.24) is 0 Å². The van der Waals surface area contributed by atoms with E-state index in [2.05, 4.69) is 38.2 Å². The molecule has 0 aliphatic rings. The maximum Gasteiger partial charge on any atom is 1.00 e. The van der Waals surface area contributed by atoms with Crippen molar-refractivity contribution in [2.24, 2.45) is 0 Å². The van der Waals surface area contributed by atoms with E-state index in [9.17, 15) is 22.6 Å². The van der Waals surface area contributed by atoms with E-state index in [1.54, 1.807) is 0 Å². The van der Waals surface area contributed by atoms with Crippen LogP contribution in [0.2, 0.25) is 0 Å². The predicted molar refractivity (Wildman–Crippen MR) is 223 cm³/mol. The summed E-state index contributed by atoms with van der Waals surface area (Å²) < 4.78 is 45.8. The zero-order chi connectivity index (χ0) is 39.4. The summed E-state index contributed by atoms with van der Waals surface area (Å²) in [6, 6.07) is 3.14. The summed E-state index contributed by atoms with van der Waals surface area (Å²) in [6.45, 7) is 4.72. The average Bonchev–Trinajstić information content (AvgIpc) is 3.16. The molecule has 0 spiro atoms. The molecule has 0 saturated carbocycles. The first kappa shape index (κ1) is 54.2. The Bertz CT molecular complexity index is 1240. The van der Waals surface area contributed by atoms with Crippen LogP contribution in [0.1, 0.15) is 227 Å². The third-order valence-electron chi connectivity index (χ3n) is 10.0. The largest absolute Gasteiger partial charge is 1.00 e. The molecular formula is C46H77KO7S. The third kappa shape index (κ3) is 31.8. The number of carbonyl (C=O) groups excluding carboxylic acids is 2. The van der Waals surface area contributed by atoms with Gasteiger partial charge in [0.2, 0.25) is 0 Å². The Kier molecular flexibility index (Phi) is 38.1. The Morgan fingerprint density at radius 2 is 0.800 bits per heavy atom. The molecule has 7 nitrogen and oxygen atoms in total. The Balaban J connectivity index is 0.0000292. The molecular weight excluding hydrogens is 736 g/mol. The fourth-order valence-corrected chi connectivity index (χ4v) is 7.19. The minimum atomic E-state index is -4.81. The summed E-state index contributed by atoms with van der Waals surface area (Å²) in [4.78, 5) is 25.2. The number of rotatable bonds is 37. The van der Waals surface area contributed by atoms with E-state index < -0.39 is 27.0 Å².